The van der Waals surface area contributed by atoms with Gasteiger partial charge in [0.05, 0.1) is 6.42 Å². The molecular formula is C19H18FNO4. The SMILES string of the molecule is CN(Cc1ccccc1Cc1ccc(F)cc1)C(=O)CC(=O)C(=O)O. The summed E-state index contributed by atoms with van der Waals surface area (Å²) in [5, 5.41) is 8.58. The predicted molar refractivity (Wildman–Crippen MR) is 89.4 cm³/mol. The smallest absolute Gasteiger partial charge is 0.372 e. The molecule has 0 saturated carbocycles. The Morgan fingerprint density at radius 1 is 1.00 bits per heavy atom. The number of benzene rings is 2. The van der Waals surface area contributed by atoms with Crippen molar-refractivity contribution in [2.45, 2.75) is 19.4 Å². The van der Waals surface area contributed by atoms with Crippen molar-refractivity contribution in [2.24, 2.45) is 0 Å². The van der Waals surface area contributed by atoms with Crippen molar-refractivity contribution >= 4 is 17.7 Å². The van der Waals surface area contributed by atoms with E-state index in [0.29, 0.717) is 6.42 Å². The fraction of sp³-hybridized carbons (Fsp3) is 0.211. The zero-order valence-corrected chi connectivity index (χ0v) is 13.7. The van der Waals surface area contributed by atoms with Crippen molar-refractivity contribution in [1.29, 1.82) is 0 Å². The minimum Gasteiger partial charge on any atom is -0.475 e. The monoisotopic (exact) mass is 343 g/mol. The molecule has 0 spiro atoms. The standard InChI is InChI=1S/C19H18FNO4/c1-21(18(23)11-17(22)19(24)25)12-15-5-3-2-4-14(15)10-13-6-8-16(20)9-7-13/h2-9H,10-12H2,1H3,(H,24,25). The summed E-state index contributed by atoms with van der Waals surface area (Å²) in [6.07, 6.45) is -0.0848. The van der Waals surface area contributed by atoms with Crippen LogP contribution in [0.15, 0.2) is 48.5 Å². The molecule has 130 valence electrons. The molecule has 2 rings (SSSR count). The number of carbonyl (C=O) groups is 3. The predicted octanol–water partition coefficient (Wildman–Crippen LogP) is 2.42. The maximum atomic E-state index is 13.0. The van der Waals surface area contributed by atoms with Crippen LogP contribution in [0.4, 0.5) is 4.39 Å². The Morgan fingerprint density at radius 3 is 2.20 bits per heavy atom. The minimum atomic E-state index is -1.61. The Labute approximate surface area is 144 Å². The summed E-state index contributed by atoms with van der Waals surface area (Å²) in [5.41, 5.74) is 2.78. The van der Waals surface area contributed by atoms with Gasteiger partial charge < -0.3 is 10.0 Å². The number of nitrogens with zero attached hydrogens (tertiary/aromatic N) is 1. The number of amides is 1. The highest BCUT2D eigenvalue weighted by atomic mass is 19.1. The maximum absolute atomic E-state index is 13.0. The van der Waals surface area contributed by atoms with Gasteiger partial charge in [-0.15, -0.1) is 0 Å². The second kappa shape index (κ2) is 8.19. The van der Waals surface area contributed by atoms with E-state index in [1.807, 2.05) is 24.3 Å². The van der Waals surface area contributed by atoms with Crippen molar-refractivity contribution in [3.8, 4) is 0 Å². The third-order valence-electron chi connectivity index (χ3n) is 3.81. The Balaban J connectivity index is 2.09. The van der Waals surface area contributed by atoms with E-state index in [1.54, 1.807) is 12.1 Å². The Bertz CT molecular complexity index is 786. The summed E-state index contributed by atoms with van der Waals surface area (Å²) in [7, 11) is 1.52. The number of carbonyl (C=O) groups excluding carboxylic acids is 2. The minimum absolute atomic E-state index is 0.253. The summed E-state index contributed by atoms with van der Waals surface area (Å²) >= 11 is 0. The van der Waals surface area contributed by atoms with Gasteiger partial charge in [-0.05, 0) is 35.2 Å². The van der Waals surface area contributed by atoms with E-state index in [9.17, 15) is 18.8 Å². The van der Waals surface area contributed by atoms with Gasteiger partial charge in [-0.3, -0.25) is 9.59 Å². The zero-order valence-electron chi connectivity index (χ0n) is 13.7. The van der Waals surface area contributed by atoms with Crippen LogP contribution >= 0.6 is 0 Å². The van der Waals surface area contributed by atoms with Crippen LogP contribution in [0.2, 0.25) is 0 Å². The van der Waals surface area contributed by atoms with Crippen LogP contribution in [0.5, 0.6) is 0 Å². The van der Waals surface area contributed by atoms with Crippen LogP contribution in [0, 0.1) is 5.82 Å². The van der Waals surface area contributed by atoms with Crippen molar-refractivity contribution in [3.63, 3.8) is 0 Å². The number of carboxylic acids is 1. The summed E-state index contributed by atoms with van der Waals surface area (Å²) in [4.78, 5) is 35.0. The lowest BCUT2D eigenvalue weighted by Crippen LogP contribution is -2.30. The molecule has 2 aromatic rings. The van der Waals surface area contributed by atoms with Crippen LogP contribution in [0.3, 0.4) is 0 Å². The molecule has 0 aliphatic rings. The topological polar surface area (TPSA) is 74.7 Å². The average molecular weight is 343 g/mol. The number of hydrogen-bond acceptors (Lipinski definition) is 3. The molecule has 2 aromatic carbocycles. The normalized spacial score (nSPS) is 10.3. The molecule has 0 radical (unpaired) electrons. The van der Waals surface area contributed by atoms with Gasteiger partial charge in [0.15, 0.2) is 0 Å². The number of aliphatic carboxylic acids is 1. The van der Waals surface area contributed by atoms with Crippen LogP contribution < -0.4 is 0 Å². The maximum Gasteiger partial charge on any atom is 0.372 e. The van der Waals surface area contributed by atoms with Gasteiger partial charge in [0.2, 0.25) is 11.7 Å². The van der Waals surface area contributed by atoms with E-state index in [4.69, 9.17) is 5.11 Å². The molecule has 5 nitrogen and oxygen atoms in total. The highest BCUT2D eigenvalue weighted by Gasteiger charge is 2.20. The highest BCUT2D eigenvalue weighted by molar-refractivity contribution is 6.36. The molecule has 6 heteroatoms. The largest absolute Gasteiger partial charge is 0.475 e. The number of rotatable bonds is 7. The molecule has 0 atom stereocenters. The number of Topliss-reactive ketones (excluding diaryl/α,β-unsaturated/α-hetero) is 1. The van der Waals surface area contributed by atoms with Crippen molar-refractivity contribution in [1.82, 2.24) is 4.90 Å². The first-order valence-corrected chi connectivity index (χ1v) is 7.68. The van der Waals surface area contributed by atoms with E-state index in [1.165, 1.54) is 24.1 Å². The number of halogens is 1. The highest BCUT2D eigenvalue weighted by Crippen LogP contribution is 2.17. The first kappa shape index (κ1) is 18.3. The summed E-state index contributed by atoms with van der Waals surface area (Å²) in [5.74, 6) is -3.59. The van der Waals surface area contributed by atoms with Crippen molar-refractivity contribution in [2.75, 3.05) is 7.05 Å². The number of ketones is 1. The summed E-state index contributed by atoms with van der Waals surface area (Å²) < 4.78 is 13.0. The molecule has 0 unspecified atom stereocenters. The van der Waals surface area contributed by atoms with E-state index >= 15 is 0 Å². The quantitative estimate of drug-likeness (QED) is 0.619. The zero-order chi connectivity index (χ0) is 18.4. The number of carboxylic acid groups (broad SMARTS) is 1. The lowest BCUT2D eigenvalue weighted by Gasteiger charge is -2.19. The van der Waals surface area contributed by atoms with E-state index in [-0.39, 0.29) is 12.4 Å². The van der Waals surface area contributed by atoms with Crippen LogP contribution in [-0.4, -0.2) is 34.7 Å². The molecule has 0 fully saturated rings. The van der Waals surface area contributed by atoms with Crippen LogP contribution in [-0.2, 0) is 27.3 Å². The Hall–Kier alpha value is -3.02. The fourth-order valence-corrected chi connectivity index (χ4v) is 2.40. The van der Waals surface area contributed by atoms with Gasteiger partial charge in [-0.2, -0.15) is 0 Å². The van der Waals surface area contributed by atoms with E-state index < -0.39 is 24.1 Å². The van der Waals surface area contributed by atoms with Gasteiger partial charge >= 0.3 is 5.97 Å². The molecule has 1 N–H and O–H groups in total. The molecular weight excluding hydrogens is 325 g/mol. The van der Waals surface area contributed by atoms with Crippen molar-refractivity contribution in [3.05, 3.63) is 71.0 Å². The third kappa shape index (κ3) is 5.24. The molecule has 0 heterocycles. The third-order valence-corrected chi connectivity index (χ3v) is 3.81. The van der Waals surface area contributed by atoms with Gasteiger partial charge in [0.25, 0.3) is 0 Å². The molecule has 0 saturated heterocycles. The Morgan fingerprint density at radius 2 is 1.60 bits per heavy atom. The van der Waals surface area contributed by atoms with Crippen molar-refractivity contribution < 1.29 is 23.9 Å². The molecule has 1 amide bonds. The van der Waals surface area contributed by atoms with Gasteiger partial charge in [-0.25, -0.2) is 9.18 Å². The lowest BCUT2D eigenvalue weighted by atomic mass is 9.99. The second-order valence-corrected chi connectivity index (χ2v) is 5.73. The second-order valence-electron chi connectivity index (χ2n) is 5.73. The van der Waals surface area contributed by atoms with E-state index in [0.717, 1.165) is 16.7 Å². The summed E-state index contributed by atoms with van der Waals surface area (Å²) in [6.45, 7) is 0.253. The van der Waals surface area contributed by atoms with Crippen LogP contribution in [0.1, 0.15) is 23.1 Å². The lowest BCUT2D eigenvalue weighted by molar-refractivity contribution is -0.151. The van der Waals surface area contributed by atoms with Gasteiger partial charge in [-0.1, -0.05) is 36.4 Å². The first-order valence-electron chi connectivity index (χ1n) is 7.68. The van der Waals surface area contributed by atoms with Crippen LogP contribution in [0.25, 0.3) is 0 Å². The molecule has 0 aliphatic heterocycles. The van der Waals surface area contributed by atoms with E-state index in [2.05, 4.69) is 0 Å². The molecule has 25 heavy (non-hydrogen) atoms. The summed E-state index contributed by atoms with van der Waals surface area (Å²) in [6, 6.07) is 13.7. The Kier molecular flexibility index (Phi) is 6.00. The molecule has 0 aromatic heterocycles. The first-order chi connectivity index (χ1) is 11.9. The average Bonchev–Trinajstić information content (AvgIpc) is 2.58. The van der Waals surface area contributed by atoms with Gasteiger partial charge in [0.1, 0.15) is 5.82 Å². The molecule has 0 bridgehead atoms. The molecule has 0 aliphatic carbocycles. The fourth-order valence-electron chi connectivity index (χ4n) is 2.40. The van der Waals surface area contributed by atoms with Gasteiger partial charge in [0, 0.05) is 13.6 Å². The number of hydrogen-bond donors (Lipinski definition) is 1.